The van der Waals surface area contributed by atoms with E-state index in [4.69, 9.17) is 5.73 Å². The van der Waals surface area contributed by atoms with Crippen LogP contribution in [0.25, 0.3) is 0 Å². The van der Waals surface area contributed by atoms with Crippen LogP contribution in [0.3, 0.4) is 0 Å². The van der Waals surface area contributed by atoms with Crippen LogP contribution in [0.1, 0.15) is 35.7 Å². The molecule has 1 heterocycles. The van der Waals surface area contributed by atoms with Crippen molar-refractivity contribution in [3.8, 4) is 0 Å². The molecule has 0 bridgehead atoms. The lowest BCUT2D eigenvalue weighted by molar-refractivity contribution is 0.1000. The fourth-order valence-corrected chi connectivity index (χ4v) is 2.76. The van der Waals surface area contributed by atoms with Crippen LogP contribution in [-0.4, -0.2) is 37.0 Å². The topological polar surface area (TPSA) is 58.4 Å². The van der Waals surface area contributed by atoms with Gasteiger partial charge in [-0.2, -0.15) is 0 Å². The third-order valence-corrected chi connectivity index (χ3v) is 4.13. The Hall–Kier alpha value is -1.39. The quantitative estimate of drug-likeness (QED) is 0.829. The van der Waals surface area contributed by atoms with Gasteiger partial charge in [0.05, 0.1) is 0 Å². The Morgan fingerprint density at radius 2 is 2.15 bits per heavy atom. The van der Waals surface area contributed by atoms with Crippen LogP contribution in [-0.2, 0) is 6.54 Å². The summed E-state index contributed by atoms with van der Waals surface area (Å²) in [6.45, 7) is 7.69. The van der Waals surface area contributed by atoms with Crippen LogP contribution in [0.5, 0.6) is 0 Å². The van der Waals surface area contributed by atoms with Crippen molar-refractivity contribution < 1.29 is 4.79 Å². The summed E-state index contributed by atoms with van der Waals surface area (Å²) >= 11 is 0. The molecule has 1 saturated heterocycles. The number of likely N-dealkylation sites (tertiary alicyclic amines) is 1. The average Bonchev–Trinajstić information content (AvgIpc) is 2.48. The molecule has 0 aromatic heterocycles. The number of amides is 1. The Bertz CT molecular complexity index is 439. The van der Waals surface area contributed by atoms with Crippen molar-refractivity contribution in [3.05, 3.63) is 35.4 Å². The fraction of sp³-hybridized carbons (Fsp3) is 0.562. The van der Waals surface area contributed by atoms with Gasteiger partial charge in [0.2, 0.25) is 5.91 Å². The van der Waals surface area contributed by atoms with E-state index >= 15 is 0 Å². The zero-order valence-corrected chi connectivity index (χ0v) is 12.3. The summed E-state index contributed by atoms with van der Waals surface area (Å²) in [7, 11) is 0. The Morgan fingerprint density at radius 3 is 2.80 bits per heavy atom. The molecule has 1 aliphatic heterocycles. The molecule has 110 valence electrons. The summed E-state index contributed by atoms with van der Waals surface area (Å²) in [5.41, 5.74) is 6.99. The van der Waals surface area contributed by atoms with Crippen molar-refractivity contribution in [2.45, 2.75) is 26.3 Å². The second-order valence-corrected chi connectivity index (χ2v) is 5.57. The van der Waals surface area contributed by atoms with E-state index in [1.165, 1.54) is 32.5 Å². The standard InChI is InChI=1S/C16H25N3O/c1-2-19-8-6-13(7-9-19)11-18-12-14-4-3-5-15(10-14)16(17)20/h3-5,10,13,18H,2,6-9,11-12H2,1H3,(H2,17,20). The van der Waals surface area contributed by atoms with Crippen LogP contribution < -0.4 is 11.1 Å². The number of piperidine rings is 1. The van der Waals surface area contributed by atoms with Crippen LogP contribution >= 0.6 is 0 Å². The SMILES string of the molecule is CCN1CCC(CNCc2cccc(C(N)=O)c2)CC1. The van der Waals surface area contributed by atoms with Gasteiger partial charge in [0, 0.05) is 12.1 Å². The highest BCUT2D eigenvalue weighted by molar-refractivity contribution is 5.92. The van der Waals surface area contributed by atoms with Gasteiger partial charge in [-0.25, -0.2) is 0 Å². The van der Waals surface area contributed by atoms with E-state index in [0.717, 1.165) is 24.6 Å². The van der Waals surface area contributed by atoms with E-state index in [1.807, 2.05) is 18.2 Å². The van der Waals surface area contributed by atoms with Crippen LogP contribution in [0, 0.1) is 5.92 Å². The van der Waals surface area contributed by atoms with Gasteiger partial charge in [-0.3, -0.25) is 4.79 Å². The highest BCUT2D eigenvalue weighted by Crippen LogP contribution is 2.16. The number of primary amides is 1. The molecule has 1 aromatic rings. The number of hydrogen-bond donors (Lipinski definition) is 2. The number of benzene rings is 1. The van der Waals surface area contributed by atoms with Gasteiger partial charge in [0.15, 0.2) is 0 Å². The summed E-state index contributed by atoms with van der Waals surface area (Å²) in [6.07, 6.45) is 2.56. The van der Waals surface area contributed by atoms with Gasteiger partial charge in [-0.05, 0) is 62.6 Å². The van der Waals surface area contributed by atoms with Crippen molar-refractivity contribution in [2.75, 3.05) is 26.2 Å². The molecule has 4 heteroatoms. The van der Waals surface area contributed by atoms with Gasteiger partial charge >= 0.3 is 0 Å². The predicted molar refractivity (Wildman–Crippen MR) is 81.5 cm³/mol. The number of carbonyl (C=O) groups is 1. The zero-order valence-electron chi connectivity index (χ0n) is 12.3. The molecule has 4 nitrogen and oxygen atoms in total. The third kappa shape index (κ3) is 4.32. The summed E-state index contributed by atoms with van der Waals surface area (Å²) < 4.78 is 0. The maximum atomic E-state index is 11.1. The minimum atomic E-state index is -0.362. The first-order chi connectivity index (χ1) is 9.69. The van der Waals surface area contributed by atoms with Crippen molar-refractivity contribution in [1.82, 2.24) is 10.2 Å². The third-order valence-electron chi connectivity index (χ3n) is 4.13. The predicted octanol–water partition coefficient (Wildman–Crippen LogP) is 1.61. The Labute approximate surface area is 121 Å². The smallest absolute Gasteiger partial charge is 0.248 e. The summed E-state index contributed by atoms with van der Waals surface area (Å²) in [5.74, 6) is 0.413. The van der Waals surface area contributed by atoms with E-state index in [2.05, 4.69) is 17.1 Å². The maximum absolute atomic E-state index is 11.1. The van der Waals surface area contributed by atoms with Crippen molar-refractivity contribution >= 4 is 5.91 Å². The minimum Gasteiger partial charge on any atom is -0.366 e. The minimum absolute atomic E-state index is 0.362. The van der Waals surface area contributed by atoms with E-state index in [9.17, 15) is 4.79 Å². The summed E-state index contributed by atoms with van der Waals surface area (Å²) in [5, 5.41) is 3.50. The van der Waals surface area contributed by atoms with Crippen molar-refractivity contribution in [3.63, 3.8) is 0 Å². The fourth-order valence-electron chi connectivity index (χ4n) is 2.76. The number of nitrogens with zero attached hydrogens (tertiary/aromatic N) is 1. The lowest BCUT2D eigenvalue weighted by Gasteiger charge is -2.31. The highest BCUT2D eigenvalue weighted by Gasteiger charge is 2.17. The number of hydrogen-bond acceptors (Lipinski definition) is 3. The Kier molecular flexibility index (Phi) is 5.56. The van der Waals surface area contributed by atoms with Crippen LogP contribution in [0.2, 0.25) is 0 Å². The van der Waals surface area contributed by atoms with E-state index in [0.29, 0.717) is 5.56 Å². The first-order valence-electron chi connectivity index (χ1n) is 7.51. The summed E-state index contributed by atoms with van der Waals surface area (Å²) in [6, 6.07) is 7.54. The molecule has 2 rings (SSSR count). The molecule has 0 atom stereocenters. The van der Waals surface area contributed by atoms with Crippen molar-refractivity contribution in [2.24, 2.45) is 11.7 Å². The molecule has 0 unspecified atom stereocenters. The molecule has 0 aliphatic carbocycles. The lowest BCUT2D eigenvalue weighted by Crippen LogP contribution is -2.36. The highest BCUT2D eigenvalue weighted by atomic mass is 16.1. The molecule has 0 spiro atoms. The zero-order chi connectivity index (χ0) is 14.4. The molecule has 1 fully saturated rings. The molecular formula is C16H25N3O. The normalized spacial score (nSPS) is 17.2. The second kappa shape index (κ2) is 7.41. The lowest BCUT2D eigenvalue weighted by atomic mass is 9.97. The molecule has 3 N–H and O–H groups in total. The molecule has 1 amide bonds. The molecule has 1 aromatic carbocycles. The van der Waals surface area contributed by atoms with Gasteiger partial charge < -0.3 is 16.0 Å². The largest absolute Gasteiger partial charge is 0.366 e. The second-order valence-electron chi connectivity index (χ2n) is 5.57. The van der Waals surface area contributed by atoms with Gasteiger partial charge in [0.25, 0.3) is 0 Å². The van der Waals surface area contributed by atoms with Crippen LogP contribution in [0.4, 0.5) is 0 Å². The average molecular weight is 275 g/mol. The first-order valence-corrected chi connectivity index (χ1v) is 7.51. The Morgan fingerprint density at radius 1 is 1.40 bits per heavy atom. The first kappa shape index (κ1) is 15.0. The Balaban J connectivity index is 1.73. The molecular weight excluding hydrogens is 250 g/mol. The van der Waals surface area contributed by atoms with E-state index < -0.39 is 0 Å². The molecule has 0 radical (unpaired) electrons. The maximum Gasteiger partial charge on any atom is 0.248 e. The number of carbonyl (C=O) groups excluding carboxylic acids is 1. The molecule has 0 saturated carbocycles. The molecule has 20 heavy (non-hydrogen) atoms. The van der Waals surface area contributed by atoms with Crippen molar-refractivity contribution in [1.29, 1.82) is 0 Å². The van der Waals surface area contributed by atoms with Gasteiger partial charge in [0.1, 0.15) is 0 Å². The van der Waals surface area contributed by atoms with Gasteiger partial charge in [-0.1, -0.05) is 19.1 Å². The molecule has 1 aliphatic rings. The monoisotopic (exact) mass is 275 g/mol. The number of nitrogens with two attached hydrogens (primary N) is 1. The van der Waals surface area contributed by atoms with Crippen LogP contribution in [0.15, 0.2) is 24.3 Å². The number of rotatable bonds is 6. The van der Waals surface area contributed by atoms with Gasteiger partial charge in [-0.15, -0.1) is 0 Å². The number of nitrogens with one attached hydrogen (secondary N) is 1. The summed E-state index contributed by atoms with van der Waals surface area (Å²) in [4.78, 5) is 13.6. The van der Waals surface area contributed by atoms with E-state index in [-0.39, 0.29) is 5.91 Å². The van der Waals surface area contributed by atoms with E-state index in [1.54, 1.807) is 6.07 Å².